The lowest BCUT2D eigenvalue weighted by molar-refractivity contribution is 0.722. The highest BCUT2D eigenvalue weighted by Gasteiger charge is 2.13. The summed E-state index contributed by atoms with van der Waals surface area (Å²) in [5.41, 5.74) is 4.47. The number of thiocarbonyl (C=S) groups is 1. The lowest BCUT2D eigenvalue weighted by Gasteiger charge is -2.20. The summed E-state index contributed by atoms with van der Waals surface area (Å²) in [5, 5.41) is 7.85. The lowest BCUT2D eigenvalue weighted by Crippen LogP contribution is -2.30. The highest BCUT2D eigenvalue weighted by atomic mass is 35.5. The molecule has 25 heavy (non-hydrogen) atoms. The van der Waals surface area contributed by atoms with Crippen molar-refractivity contribution in [2.45, 2.75) is 32.7 Å². The third kappa shape index (κ3) is 4.65. The fraction of sp³-hybridized carbons (Fsp3) is 0.350. The van der Waals surface area contributed by atoms with Gasteiger partial charge in [-0.05, 0) is 74.3 Å². The SMILES string of the molecule is Cc1ccc(NC(=S)NC(C)c2ccc(N3CCCC3)cc2)cc1Cl. The van der Waals surface area contributed by atoms with Crippen LogP contribution < -0.4 is 15.5 Å². The molecule has 1 atom stereocenters. The van der Waals surface area contributed by atoms with Gasteiger partial charge in [-0.15, -0.1) is 0 Å². The molecule has 1 saturated heterocycles. The summed E-state index contributed by atoms with van der Waals surface area (Å²) in [6, 6.07) is 14.7. The van der Waals surface area contributed by atoms with Gasteiger partial charge in [0, 0.05) is 29.5 Å². The molecule has 0 radical (unpaired) electrons. The standard InChI is InChI=1S/C20H24ClN3S/c1-14-5-8-17(13-19(14)21)23-20(25)22-15(2)16-6-9-18(10-7-16)24-11-3-4-12-24/h5-10,13,15H,3-4,11-12H2,1-2H3,(H2,22,23,25). The molecule has 0 aliphatic carbocycles. The van der Waals surface area contributed by atoms with Gasteiger partial charge < -0.3 is 15.5 Å². The Labute approximate surface area is 160 Å². The molecule has 0 aromatic heterocycles. The first kappa shape index (κ1) is 18.0. The van der Waals surface area contributed by atoms with Gasteiger partial charge in [-0.25, -0.2) is 0 Å². The normalized spacial score (nSPS) is 15.1. The van der Waals surface area contributed by atoms with E-state index in [2.05, 4.69) is 46.7 Å². The van der Waals surface area contributed by atoms with Gasteiger partial charge in [-0.1, -0.05) is 29.8 Å². The first-order valence-electron chi connectivity index (χ1n) is 8.71. The second kappa shape index (κ2) is 8.07. The van der Waals surface area contributed by atoms with Crippen molar-refractivity contribution in [3.05, 3.63) is 58.6 Å². The van der Waals surface area contributed by atoms with Crippen molar-refractivity contribution in [3.8, 4) is 0 Å². The Morgan fingerprint density at radius 2 is 1.80 bits per heavy atom. The van der Waals surface area contributed by atoms with E-state index in [9.17, 15) is 0 Å². The predicted octanol–water partition coefficient (Wildman–Crippen LogP) is 5.30. The molecule has 2 aromatic carbocycles. The molecule has 1 aliphatic heterocycles. The van der Waals surface area contributed by atoms with Crippen LogP contribution in [0.2, 0.25) is 5.02 Å². The molecule has 0 amide bonds. The number of nitrogens with one attached hydrogen (secondary N) is 2. The minimum atomic E-state index is 0.133. The largest absolute Gasteiger partial charge is 0.372 e. The van der Waals surface area contributed by atoms with Crippen molar-refractivity contribution < 1.29 is 0 Å². The molecule has 3 nitrogen and oxygen atoms in total. The summed E-state index contributed by atoms with van der Waals surface area (Å²) in [7, 11) is 0. The average Bonchev–Trinajstić information content (AvgIpc) is 3.13. The van der Waals surface area contributed by atoms with E-state index in [1.54, 1.807) is 0 Å². The first-order valence-corrected chi connectivity index (χ1v) is 9.50. The Hall–Kier alpha value is -1.78. The van der Waals surface area contributed by atoms with E-state index in [1.165, 1.54) is 37.2 Å². The molecule has 0 saturated carbocycles. The summed E-state index contributed by atoms with van der Waals surface area (Å²) >= 11 is 11.6. The maximum absolute atomic E-state index is 6.16. The van der Waals surface area contributed by atoms with Crippen molar-refractivity contribution >= 4 is 40.3 Å². The Morgan fingerprint density at radius 3 is 2.44 bits per heavy atom. The van der Waals surface area contributed by atoms with E-state index in [-0.39, 0.29) is 6.04 Å². The molecule has 1 fully saturated rings. The summed E-state index contributed by atoms with van der Waals surface area (Å²) in [6.07, 6.45) is 2.59. The molecule has 2 N–H and O–H groups in total. The smallest absolute Gasteiger partial charge is 0.171 e. The van der Waals surface area contributed by atoms with E-state index in [0.29, 0.717) is 5.11 Å². The van der Waals surface area contributed by atoms with Gasteiger partial charge in [0.1, 0.15) is 0 Å². The molecule has 1 unspecified atom stereocenters. The molecule has 2 aromatic rings. The molecule has 1 aliphatic rings. The fourth-order valence-corrected chi connectivity index (χ4v) is 3.54. The highest BCUT2D eigenvalue weighted by molar-refractivity contribution is 7.80. The van der Waals surface area contributed by atoms with Gasteiger partial charge in [0.15, 0.2) is 5.11 Å². The van der Waals surface area contributed by atoms with Crippen LogP contribution in [0.4, 0.5) is 11.4 Å². The number of halogens is 1. The number of hydrogen-bond donors (Lipinski definition) is 2. The number of benzene rings is 2. The van der Waals surface area contributed by atoms with E-state index in [0.717, 1.165) is 16.3 Å². The monoisotopic (exact) mass is 373 g/mol. The maximum Gasteiger partial charge on any atom is 0.171 e. The van der Waals surface area contributed by atoms with Gasteiger partial charge in [0.2, 0.25) is 0 Å². The molecule has 132 valence electrons. The Kier molecular flexibility index (Phi) is 5.82. The van der Waals surface area contributed by atoms with Crippen LogP contribution in [0.1, 0.15) is 36.9 Å². The van der Waals surface area contributed by atoms with Gasteiger partial charge in [-0.3, -0.25) is 0 Å². The number of aryl methyl sites for hydroxylation is 1. The third-order valence-electron chi connectivity index (χ3n) is 4.64. The molecular formula is C20H24ClN3S. The average molecular weight is 374 g/mol. The zero-order valence-corrected chi connectivity index (χ0v) is 16.3. The zero-order valence-electron chi connectivity index (χ0n) is 14.7. The number of anilines is 2. The number of hydrogen-bond acceptors (Lipinski definition) is 2. The third-order valence-corrected chi connectivity index (χ3v) is 5.27. The van der Waals surface area contributed by atoms with Crippen molar-refractivity contribution in [1.29, 1.82) is 0 Å². The Balaban J connectivity index is 1.58. The second-order valence-corrected chi connectivity index (χ2v) is 7.39. The number of rotatable bonds is 4. The predicted molar refractivity (Wildman–Crippen MR) is 112 cm³/mol. The summed E-state index contributed by atoms with van der Waals surface area (Å²) < 4.78 is 0. The van der Waals surface area contributed by atoms with Gasteiger partial charge in [0.05, 0.1) is 6.04 Å². The van der Waals surface area contributed by atoms with Crippen molar-refractivity contribution in [1.82, 2.24) is 5.32 Å². The molecule has 0 spiro atoms. The molecular weight excluding hydrogens is 350 g/mol. The van der Waals surface area contributed by atoms with Crippen LogP contribution in [0.3, 0.4) is 0 Å². The van der Waals surface area contributed by atoms with E-state index >= 15 is 0 Å². The van der Waals surface area contributed by atoms with Crippen LogP contribution in [0.25, 0.3) is 0 Å². The van der Waals surface area contributed by atoms with Gasteiger partial charge in [-0.2, -0.15) is 0 Å². The van der Waals surface area contributed by atoms with Gasteiger partial charge in [0.25, 0.3) is 0 Å². The molecule has 5 heteroatoms. The van der Waals surface area contributed by atoms with Crippen LogP contribution >= 0.6 is 23.8 Å². The summed E-state index contributed by atoms with van der Waals surface area (Å²) in [5.74, 6) is 0. The van der Waals surface area contributed by atoms with E-state index < -0.39 is 0 Å². The molecule has 1 heterocycles. The van der Waals surface area contributed by atoms with Crippen LogP contribution in [0.5, 0.6) is 0 Å². The van der Waals surface area contributed by atoms with Crippen molar-refractivity contribution in [3.63, 3.8) is 0 Å². The quantitative estimate of drug-likeness (QED) is 0.711. The van der Waals surface area contributed by atoms with Crippen molar-refractivity contribution in [2.24, 2.45) is 0 Å². The fourth-order valence-electron chi connectivity index (χ4n) is 3.07. The van der Waals surface area contributed by atoms with E-state index in [1.807, 2.05) is 25.1 Å². The number of nitrogens with zero attached hydrogens (tertiary/aromatic N) is 1. The van der Waals surface area contributed by atoms with Crippen LogP contribution in [0, 0.1) is 6.92 Å². The highest BCUT2D eigenvalue weighted by Crippen LogP contribution is 2.23. The summed E-state index contributed by atoms with van der Waals surface area (Å²) in [4.78, 5) is 2.44. The molecule has 3 rings (SSSR count). The Bertz CT molecular complexity index is 739. The van der Waals surface area contributed by atoms with Crippen LogP contribution in [-0.4, -0.2) is 18.2 Å². The summed E-state index contributed by atoms with van der Waals surface area (Å²) in [6.45, 7) is 6.43. The second-order valence-electron chi connectivity index (χ2n) is 6.57. The molecule has 0 bridgehead atoms. The van der Waals surface area contributed by atoms with E-state index in [4.69, 9.17) is 23.8 Å². The minimum Gasteiger partial charge on any atom is -0.372 e. The topological polar surface area (TPSA) is 27.3 Å². The minimum absolute atomic E-state index is 0.133. The Morgan fingerprint density at radius 1 is 1.12 bits per heavy atom. The van der Waals surface area contributed by atoms with Gasteiger partial charge >= 0.3 is 0 Å². The van der Waals surface area contributed by atoms with Crippen LogP contribution in [0.15, 0.2) is 42.5 Å². The maximum atomic E-state index is 6.16. The van der Waals surface area contributed by atoms with Crippen LogP contribution in [-0.2, 0) is 0 Å². The lowest BCUT2D eigenvalue weighted by atomic mass is 10.1. The first-order chi connectivity index (χ1) is 12.0. The van der Waals surface area contributed by atoms with Crippen molar-refractivity contribution in [2.75, 3.05) is 23.3 Å². The zero-order chi connectivity index (χ0) is 17.8.